The number of aliphatic hydroxyl groups is 1. The molecule has 0 aromatic heterocycles. The minimum atomic E-state index is -0.677. The maximum Gasteiger partial charge on any atom is 0.220 e. The molecule has 0 aliphatic rings. The van der Waals surface area contributed by atoms with Crippen LogP contribution >= 0.6 is 0 Å². The van der Waals surface area contributed by atoms with Gasteiger partial charge < -0.3 is 10.4 Å². The largest absolute Gasteiger partial charge is 0.386 e. The molecule has 0 radical (unpaired) electrons. The average Bonchev–Trinajstić information content (AvgIpc) is 2.36. The zero-order valence-electron chi connectivity index (χ0n) is 10.1. The number of rotatable bonds is 6. The van der Waals surface area contributed by atoms with E-state index in [0.717, 1.165) is 5.56 Å². The Balaban J connectivity index is 2.50. The van der Waals surface area contributed by atoms with E-state index in [2.05, 4.69) is 11.9 Å². The molecule has 2 N–H and O–H groups in total. The summed E-state index contributed by atoms with van der Waals surface area (Å²) in [4.78, 5) is 11.5. The van der Waals surface area contributed by atoms with Gasteiger partial charge in [0.05, 0.1) is 12.1 Å². The number of carbonyl (C=O) groups is 1. The van der Waals surface area contributed by atoms with Gasteiger partial charge in [-0.05, 0) is 18.9 Å². The molecule has 17 heavy (non-hydrogen) atoms. The summed E-state index contributed by atoms with van der Waals surface area (Å²) < 4.78 is 0. The lowest BCUT2D eigenvalue weighted by Gasteiger charge is -2.20. The first-order valence-electron chi connectivity index (χ1n) is 5.78. The van der Waals surface area contributed by atoms with Gasteiger partial charge in [0, 0.05) is 6.42 Å². The van der Waals surface area contributed by atoms with Gasteiger partial charge in [-0.1, -0.05) is 36.4 Å². The summed E-state index contributed by atoms with van der Waals surface area (Å²) in [6.45, 7) is 5.36. The van der Waals surface area contributed by atoms with Crippen molar-refractivity contribution >= 4 is 5.91 Å². The monoisotopic (exact) mass is 233 g/mol. The maximum absolute atomic E-state index is 11.5. The van der Waals surface area contributed by atoms with Crippen LogP contribution in [-0.4, -0.2) is 17.1 Å². The predicted octanol–water partition coefficient (Wildman–Crippen LogP) is 2.19. The van der Waals surface area contributed by atoms with Gasteiger partial charge in [0.15, 0.2) is 0 Å². The van der Waals surface area contributed by atoms with E-state index >= 15 is 0 Å². The standard InChI is InChI=1S/C14H19NO2/c1-3-4-10-13(16)15-11(2)14(17)12-8-6-5-7-9-12/h3,5-9,11,14,17H,1,4,10H2,2H3,(H,15,16)/t11-,14-/m0/s1. The Kier molecular flexibility index (Phi) is 5.43. The average molecular weight is 233 g/mol. The zero-order chi connectivity index (χ0) is 12.7. The van der Waals surface area contributed by atoms with Crippen LogP contribution in [0.1, 0.15) is 31.4 Å². The second kappa shape index (κ2) is 6.86. The second-order valence-corrected chi connectivity index (χ2v) is 4.04. The molecule has 1 rings (SSSR count). The SMILES string of the molecule is C=CCCC(=O)N[C@@H](C)[C@H](O)c1ccccc1. The van der Waals surface area contributed by atoms with Crippen molar-refractivity contribution in [2.45, 2.75) is 31.9 Å². The lowest BCUT2D eigenvalue weighted by Crippen LogP contribution is -2.36. The Hall–Kier alpha value is -1.61. The number of aliphatic hydroxyl groups excluding tert-OH is 1. The highest BCUT2D eigenvalue weighted by atomic mass is 16.3. The van der Waals surface area contributed by atoms with Crippen molar-refractivity contribution in [2.24, 2.45) is 0 Å². The summed E-state index contributed by atoms with van der Waals surface area (Å²) >= 11 is 0. The minimum Gasteiger partial charge on any atom is -0.386 e. The van der Waals surface area contributed by atoms with Crippen LogP contribution in [0.3, 0.4) is 0 Å². The van der Waals surface area contributed by atoms with Crippen LogP contribution in [0.5, 0.6) is 0 Å². The normalized spacial score (nSPS) is 13.8. The van der Waals surface area contributed by atoms with Crippen molar-refractivity contribution < 1.29 is 9.90 Å². The van der Waals surface area contributed by atoms with E-state index < -0.39 is 6.10 Å². The second-order valence-electron chi connectivity index (χ2n) is 4.04. The fraction of sp³-hybridized carbons (Fsp3) is 0.357. The molecule has 3 heteroatoms. The number of carbonyl (C=O) groups excluding carboxylic acids is 1. The third kappa shape index (κ3) is 4.41. The molecule has 0 aliphatic carbocycles. The highest BCUT2D eigenvalue weighted by Crippen LogP contribution is 2.16. The fourth-order valence-corrected chi connectivity index (χ4v) is 1.58. The molecule has 1 aromatic carbocycles. The molecule has 0 bridgehead atoms. The molecule has 0 saturated heterocycles. The van der Waals surface area contributed by atoms with Gasteiger partial charge in [-0.25, -0.2) is 0 Å². The number of nitrogens with one attached hydrogen (secondary N) is 1. The van der Waals surface area contributed by atoms with Crippen LogP contribution in [-0.2, 0) is 4.79 Å². The molecule has 0 spiro atoms. The van der Waals surface area contributed by atoms with E-state index in [1.54, 1.807) is 13.0 Å². The Morgan fingerprint density at radius 3 is 2.71 bits per heavy atom. The van der Waals surface area contributed by atoms with Crippen LogP contribution in [0.2, 0.25) is 0 Å². The summed E-state index contributed by atoms with van der Waals surface area (Å²) in [5, 5.41) is 12.8. The zero-order valence-corrected chi connectivity index (χ0v) is 10.1. The summed E-state index contributed by atoms with van der Waals surface area (Å²) in [7, 11) is 0. The van der Waals surface area contributed by atoms with E-state index in [9.17, 15) is 9.90 Å². The number of allylic oxidation sites excluding steroid dienone is 1. The Bertz CT molecular complexity index is 362. The summed E-state index contributed by atoms with van der Waals surface area (Å²) in [6.07, 6.45) is 2.09. The van der Waals surface area contributed by atoms with E-state index in [4.69, 9.17) is 0 Å². The van der Waals surface area contributed by atoms with Gasteiger partial charge in [0.1, 0.15) is 0 Å². The molecule has 0 unspecified atom stereocenters. The molecule has 1 aromatic rings. The highest BCUT2D eigenvalue weighted by molar-refractivity contribution is 5.76. The predicted molar refractivity (Wildman–Crippen MR) is 68.4 cm³/mol. The van der Waals surface area contributed by atoms with Crippen molar-refractivity contribution in [3.63, 3.8) is 0 Å². The molecule has 0 fully saturated rings. The molecule has 1 amide bonds. The lowest BCUT2D eigenvalue weighted by atomic mass is 10.0. The Labute approximate surface area is 102 Å². The first-order valence-corrected chi connectivity index (χ1v) is 5.78. The molecule has 3 nitrogen and oxygen atoms in total. The van der Waals surface area contributed by atoms with Gasteiger partial charge >= 0.3 is 0 Å². The summed E-state index contributed by atoms with van der Waals surface area (Å²) in [5.74, 6) is -0.0626. The number of hydrogen-bond donors (Lipinski definition) is 2. The third-order valence-electron chi connectivity index (χ3n) is 2.58. The van der Waals surface area contributed by atoms with Crippen LogP contribution in [0.25, 0.3) is 0 Å². The van der Waals surface area contributed by atoms with E-state index in [1.165, 1.54) is 0 Å². The summed E-state index contributed by atoms with van der Waals surface area (Å²) in [6, 6.07) is 9.02. The van der Waals surface area contributed by atoms with Gasteiger partial charge in [-0.2, -0.15) is 0 Å². The van der Waals surface area contributed by atoms with Gasteiger partial charge in [-0.3, -0.25) is 4.79 Å². The van der Waals surface area contributed by atoms with Crippen LogP contribution < -0.4 is 5.32 Å². The van der Waals surface area contributed by atoms with Crippen molar-refractivity contribution in [3.8, 4) is 0 Å². The third-order valence-corrected chi connectivity index (χ3v) is 2.58. The van der Waals surface area contributed by atoms with Gasteiger partial charge in [-0.15, -0.1) is 6.58 Å². The molecule has 0 aliphatic heterocycles. The maximum atomic E-state index is 11.5. The topological polar surface area (TPSA) is 49.3 Å². The molecular formula is C14H19NO2. The van der Waals surface area contributed by atoms with E-state index in [0.29, 0.717) is 12.8 Å². The van der Waals surface area contributed by atoms with Crippen molar-refractivity contribution in [1.29, 1.82) is 0 Å². The number of hydrogen-bond acceptors (Lipinski definition) is 2. The number of amides is 1. The smallest absolute Gasteiger partial charge is 0.220 e. The fourth-order valence-electron chi connectivity index (χ4n) is 1.58. The van der Waals surface area contributed by atoms with E-state index in [-0.39, 0.29) is 11.9 Å². The quantitative estimate of drug-likeness (QED) is 0.740. The first-order chi connectivity index (χ1) is 8.15. The van der Waals surface area contributed by atoms with Crippen molar-refractivity contribution in [1.82, 2.24) is 5.32 Å². The summed E-state index contributed by atoms with van der Waals surface area (Å²) in [5.41, 5.74) is 0.809. The molecular weight excluding hydrogens is 214 g/mol. The van der Waals surface area contributed by atoms with Gasteiger partial charge in [0.25, 0.3) is 0 Å². The van der Waals surface area contributed by atoms with Crippen molar-refractivity contribution in [3.05, 3.63) is 48.6 Å². The molecule has 0 saturated carbocycles. The van der Waals surface area contributed by atoms with E-state index in [1.807, 2.05) is 30.3 Å². The van der Waals surface area contributed by atoms with Crippen LogP contribution in [0.4, 0.5) is 0 Å². The molecule has 92 valence electrons. The molecule has 0 heterocycles. The van der Waals surface area contributed by atoms with Crippen LogP contribution in [0, 0.1) is 0 Å². The van der Waals surface area contributed by atoms with Gasteiger partial charge in [0.2, 0.25) is 5.91 Å². The van der Waals surface area contributed by atoms with Crippen molar-refractivity contribution in [2.75, 3.05) is 0 Å². The highest BCUT2D eigenvalue weighted by Gasteiger charge is 2.17. The Morgan fingerprint density at radius 2 is 2.12 bits per heavy atom. The van der Waals surface area contributed by atoms with Crippen LogP contribution in [0.15, 0.2) is 43.0 Å². The molecule has 2 atom stereocenters. The number of benzene rings is 1. The minimum absolute atomic E-state index is 0.0626. The lowest BCUT2D eigenvalue weighted by molar-refractivity contribution is -0.122. The Morgan fingerprint density at radius 1 is 1.47 bits per heavy atom. The first kappa shape index (κ1) is 13.5.